The van der Waals surface area contributed by atoms with Crippen molar-refractivity contribution in [2.24, 2.45) is 0 Å². The number of carboxylic acid groups (broad SMARTS) is 1. The van der Waals surface area contributed by atoms with Crippen molar-refractivity contribution in [2.45, 2.75) is 13.5 Å². The van der Waals surface area contributed by atoms with Crippen molar-refractivity contribution >= 4 is 21.9 Å². The van der Waals surface area contributed by atoms with Gasteiger partial charge in [-0.25, -0.2) is 14.2 Å². The molecule has 1 heterocycles. The number of ether oxygens (including phenoxy) is 1. The van der Waals surface area contributed by atoms with Crippen LogP contribution in [-0.4, -0.2) is 16.1 Å². The van der Waals surface area contributed by atoms with E-state index >= 15 is 0 Å². The smallest absolute Gasteiger partial charge is 0.358 e. The molecule has 4 nitrogen and oxygen atoms in total. The molecule has 1 aromatic carbocycles. The summed E-state index contributed by atoms with van der Waals surface area (Å²) in [6.45, 7) is 1.82. The number of carbonyl (C=O) groups is 1. The number of hydrogen-bond acceptors (Lipinski definition) is 3. The summed E-state index contributed by atoms with van der Waals surface area (Å²) in [6.07, 6.45) is 0. The van der Waals surface area contributed by atoms with Crippen molar-refractivity contribution in [2.75, 3.05) is 0 Å². The first kappa shape index (κ1) is 14.5. The second kappa shape index (κ2) is 6.00. The number of nitrogens with zero attached hydrogens (tertiary/aromatic N) is 1. The highest BCUT2D eigenvalue weighted by Gasteiger charge is 2.14. The number of carboxylic acids is 1. The van der Waals surface area contributed by atoms with E-state index < -0.39 is 5.97 Å². The molecule has 2 rings (SSSR count). The van der Waals surface area contributed by atoms with Crippen molar-refractivity contribution in [3.05, 3.63) is 57.6 Å². The largest absolute Gasteiger partial charge is 0.486 e. The topological polar surface area (TPSA) is 59.4 Å². The molecular weight excluding hydrogens is 329 g/mol. The van der Waals surface area contributed by atoms with E-state index in [-0.39, 0.29) is 23.9 Å². The summed E-state index contributed by atoms with van der Waals surface area (Å²) in [4.78, 5) is 15.0. The van der Waals surface area contributed by atoms with Gasteiger partial charge in [0.1, 0.15) is 12.4 Å². The molecule has 0 fully saturated rings. The second-order valence-electron chi connectivity index (χ2n) is 4.13. The number of aromatic carboxylic acids is 1. The van der Waals surface area contributed by atoms with E-state index in [1.54, 1.807) is 25.1 Å². The number of benzene rings is 1. The van der Waals surface area contributed by atoms with Crippen LogP contribution in [0.15, 0.2) is 34.8 Å². The normalized spacial score (nSPS) is 10.3. The molecule has 0 aliphatic carbocycles. The van der Waals surface area contributed by atoms with Crippen LogP contribution in [0.1, 0.15) is 21.7 Å². The van der Waals surface area contributed by atoms with Gasteiger partial charge in [0, 0.05) is 15.7 Å². The maximum atomic E-state index is 13.0. The SMILES string of the molecule is Cc1ccc(OCc2ccc(F)cc2Br)c(C(=O)O)n1. The van der Waals surface area contributed by atoms with Gasteiger partial charge < -0.3 is 9.84 Å². The number of rotatable bonds is 4. The number of aryl methyl sites for hydroxylation is 1. The average molecular weight is 340 g/mol. The summed E-state index contributed by atoms with van der Waals surface area (Å²) in [5, 5.41) is 9.08. The Hall–Kier alpha value is -1.95. The lowest BCUT2D eigenvalue weighted by Crippen LogP contribution is -2.07. The van der Waals surface area contributed by atoms with E-state index in [9.17, 15) is 9.18 Å². The van der Waals surface area contributed by atoms with Crippen LogP contribution in [0.2, 0.25) is 0 Å². The summed E-state index contributed by atoms with van der Waals surface area (Å²) < 4.78 is 19.0. The summed E-state index contributed by atoms with van der Waals surface area (Å²) >= 11 is 3.23. The standard InChI is InChI=1S/C14H11BrFNO3/c1-8-2-5-12(13(17-8)14(18)19)20-7-9-3-4-10(16)6-11(9)15/h2-6H,7H2,1H3,(H,18,19). The van der Waals surface area contributed by atoms with Crippen LogP contribution in [0.5, 0.6) is 5.75 Å². The predicted molar refractivity (Wildman–Crippen MR) is 74.4 cm³/mol. The van der Waals surface area contributed by atoms with Gasteiger partial charge in [-0.05, 0) is 31.2 Å². The Balaban J connectivity index is 2.20. The molecule has 0 saturated carbocycles. The lowest BCUT2D eigenvalue weighted by atomic mass is 10.2. The Bertz CT molecular complexity index is 661. The number of aromatic nitrogens is 1. The lowest BCUT2D eigenvalue weighted by Gasteiger charge is -2.10. The van der Waals surface area contributed by atoms with Crippen LogP contribution in [-0.2, 0) is 6.61 Å². The number of pyridine rings is 1. The maximum Gasteiger partial charge on any atom is 0.358 e. The van der Waals surface area contributed by atoms with Gasteiger partial charge in [0.05, 0.1) is 0 Å². The first-order chi connectivity index (χ1) is 9.47. The van der Waals surface area contributed by atoms with Crippen molar-refractivity contribution in [1.82, 2.24) is 4.98 Å². The Morgan fingerprint density at radius 2 is 2.15 bits per heavy atom. The minimum Gasteiger partial charge on any atom is -0.486 e. The van der Waals surface area contributed by atoms with Gasteiger partial charge in [0.25, 0.3) is 0 Å². The second-order valence-corrected chi connectivity index (χ2v) is 4.98. The van der Waals surface area contributed by atoms with Crippen LogP contribution in [0.25, 0.3) is 0 Å². The molecule has 6 heteroatoms. The molecule has 0 saturated heterocycles. The van der Waals surface area contributed by atoms with E-state index in [0.29, 0.717) is 15.7 Å². The predicted octanol–water partition coefficient (Wildman–Crippen LogP) is 3.57. The van der Waals surface area contributed by atoms with Gasteiger partial charge >= 0.3 is 5.97 Å². The fraction of sp³-hybridized carbons (Fsp3) is 0.143. The van der Waals surface area contributed by atoms with Gasteiger partial charge in [0.15, 0.2) is 11.4 Å². The van der Waals surface area contributed by atoms with E-state index in [1.165, 1.54) is 12.1 Å². The van der Waals surface area contributed by atoms with Gasteiger partial charge in [0.2, 0.25) is 0 Å². The third kappa shape index (κ3) is 3.33. The maximum absolute atomic E-state index is 13.0. The highest BCUT2D eigenvalue weighted by molar-refractivity contribution is 9.10. The van der Waals surface area contributed by atoms with Crippen LogP contribution in [0, 0.1) is 12.7 Å². The summed E-state index contributed by atoms with van der Waals surface area (Å²) in [6, 6.07) is 7.44. The third-order valence-electron chi connectivity index (χ3n) is 2.60. The Labute approximate surface area is 123 Å². The molecule has 0 bridgehead atoms. The van der Waals surface area contributed by atoms with Crippen LogP contribution >= 0.6 is 15.9 Å². The third-order valence-corrected chi connectivity index (χ3v) is 3.34. The molecule has 0 spiro atoms. The quantitative estimate of drug-likeness (QED) is 0.924. The van der Waals surface area contributed by atoms with E-state index in [1.807, 2.05) is 0 Å². The van der Waals surface area contributed by atoms with Crippen molar-refractivity contribution in [3.8, 4) is 5.75 Å². The first-order valence-electron chi connectivity index (χ1n) is 5.75. The molecule has 0 unspecified atom stereocenters. The molecule has 104 valence electrons. The van der Waals surface area contributed by atoms with E-state index in [0.717, 1.165) is 0 Å². The fourth-order valence-electron chi connectivity index (χ4n) is 1.61. The monoisotopic (exact) mass is 339 g/mol. The van der Waals surface area contributed by atoms with E-state index in [4.69, 9.17) is 9.84 Å². The highest BCUT2D eigenvalue weighted by atomic mass is 79.9. The minimum absolute atomic E-state index is 0.117. The van der Waals surface area contributed by atoms with Crippen LogP contribution in [0.3, 0.4) is 0 Å². The first-order valence-corrected chi connectivity index (χ1v) is 6.54. The van der Waals surface area contributed by atoms with Gasteiger partial charge in [-0.3, -0.25) is 0 Å². The number of hydrogen-bond donors (Lipinski definition) is 1. The van der Waals surface area contributed by atoms with Crippen molar-refractivity contribution < 1.29 is 19.0 Å². The molecule has 1 N–H and O–H groups in total. The Morgan fingerprint density at radius 1 is 1.40 bits per heavy atom. The van der Waals surface area contributed by atoms with Crippen molar-refractivity contribution in [3.63, 3.8) is 0 Å². The van der Waals surface area contributed by atoms with Crippen molar-refractivity contribution in [1.29, 1.82) is 0 Å². The Kier molecular flexibility index (Phi) is 4.34. The highest BCUT2D eigenvalue weighted by Crippen LogP contribution is 2.22. The molecule has 2 aromatic rings. The Morgan fingerprint density at radius 3 is 2.80 bits per heavy atom. The average Bonchev–Trinajstić information content (AvgIpc) is 2.38. The van der Waals surface area contributed by atoms with Gasteiger partial charge in [-0.15, -0.1) is 0 Å². The zero-order valence-electron chi connectivity index (χ0n) is 10.6. The summed E-state index contributed by atoms with van der Waals surface area (Å²) in [5.74, 6) is -1.33. The molecule has 0 aliphatic heterocycles. The minimum atomic E-state index is -1.15. The molecule has 1 aromatic heterocycles. The molecule has 0 amide bonds. The number of halogens is 2. The van der Waals surface area contributed by atoms with E-state index in [2.05, 4.69) is 20.9 Å². The lowest BCUT2D eigenvalue weighted by molar-refractivity contribution is 0.0684. The van der Waals surface area contributed by atoms with Gasteiger partial charge in [-0.2, -0.15) is 0 Å². The fourth-order valence-corrected chi connectivity index (χ4v) is 2.07. The molecular formula is C14H11BrFNO3. The van der Waals surface area contributed by atoms with Gasteiger partial charge in [-0.1, -0.05) is 22.0 Å². The zero-order valence-corrected chi connectivity index (χ0v) is 12.1. The summed E-state index contributed by atoms with van der Waals surface area (Å²) in [5.41, 5.74) is 1.17. The molecule has 0 atom stereocenters. The summed E-state index contributed by atoms with van der Waals surface area (Å²) in [7, 11) is 0. The molecule has 0 radical (unpaired) electrons. The molecule has 20 heavy (non-hydrogen) atoms. The van der Waals surface area contributed by atoms with Crippen LogP contribution in [0.4, 0.5) is 4.39 Å². The molecule has 0 aliphatic rings. The van der Waals surface area contributed by atoms with Crippen LogP contribution < -0.4 is 4.74 Å². The zero-order chi connectivity index (χ0) is 14.7.